The zero-order valence-corrected chi connectivity index (χ0v) is 14.5. The molecule has 0 amide bonds. The molecule has 8 nitrogen and oxygen atoms in total. The van der Waals surface area contributed by atoms with Gasteiger partial charge in [0.1, 0.15) is 5.02 Å². The molecule has 0 spiro atoms. The Morgan fingerprint density at radius 3 is 2.50 bits per heavy atom. The first kappa shape index (κ1) is 18.6. The van der Waals surface area contributed by atoms with Crippen LogP contribution in [0.2, 0.25) is 5.02 Å². The molecule has 2 N–H and O–H groups in total. The van der Waals surface area contributed by atoms with E-state index in [0.29, 0.717) is 25.7 Å². The second-order valence-electron chi connectivity index (χ2n) is 5.58. The Morgan fingerprint density at radius 2 is 1.96 bits per heavy atom. The van der Waals surface area contributed by atoms with E-state index in [1.165, 1.54) is 19.2 Å². The monoisotopic (exact) mass is 377 g/mol. The van der Waals surface area contributed by atoms with Crippen LogP contribution in [-0.2, 0) is 19.6 Å². The number of benzene rings is 1. The fourth-order valence-electron chi connectivity index (χ4n) is 2.71. The van der Waals surface area contributed by atoms with Gasteiger partial charge >= 0.3 is 11.7 Å². The normalized spacial score (nSPS) is 21.2. The van der Waals surface area contributed by atoms with Gasteiger partial charge in [-0.2, -0.15) is 0 Å². The lowest BCUT2D eigenvalue weighted by Crippen LogP contribution is -2.38. The van der Waals surface area contributed by atoms with E-state index in [2.05, 4.69) is 4.72 Å². The summed E-state index contributed by atoms with van der Waals surface area (Å²) in [7, 11) is -2.55. The fraction of sp³-hybridized carbons (Fsp3) is 0.500. The minimum atomic E-state index is -3.88. The number of hydrogen-bond donors (Lipinski definition) is 2. The maximum Gasteiger partial charge on any atom is 0.336 e. The number of halogens is 1. The van der Waals surface area contributed by atoms with Crippen LogP contribution in [0, 0.1) is 10.8 Å². The Balaban J connectivity index is 2.09. The Hall–Kier alpha value is -1.71. The van der Waals surface area contributed by atoms with Gasteiger partial charge in [-0.3, -0.25) is 4.79 Å². The Kier molecular flexibility index (Phi) is 5.79. The summed E-state index contributed by atoms with van der Waals surface area (Å²) >= 11 is 5.73. The zero-order chi connectivity index (χ0) is 17.9. The van der Waals surface area contributed by atoms with Crippen molar-refractivity contribution in [2.45, 2.75) is 36.6 Å². The third kappa shape index (κ3) is 4.22. The van der Waals surface area contributed by atoms with Crippen LogP contribution in [0.5, 0.6) is 0 Å². The van der Waals surface area contributed by atoms with Crippen molar-refractivity contribution in [3.8, 4) is 0 Å². The molecule has 0 bridgehead atoms. The molecule has 0 heterocycles. The third-order valence-electron chi connectivity index (χ3n) is 4.02. The first-order valence-electron chi connectivity index (χ1n) is 7.30. The van der Waals surface area contributed by atoms with Gasteiger partial charge in [0.25, 0.3) is 4.92 Å². The van der Waals surface area contributed by atoms with Crippen LogP contribution in [-0.4, -0.2) is 37.7 Å². The van der Waals surface area contributed by atoms with E-state index in [1.54, 1.807) is 0 Å². The second-order valence-corrected chi connectivity index (χ2v) is 7.70. The molecule has 1 aliphatic rings. The highest BCUT2D eigenvalue weighted by Gasteiger charge is 2.30. The van der Waals surface area contributed by atoms with Crippen LogP contribution < -0.4 is 4.72 Å². The van der Waals surface area contributed by atoms with E-state index in [-0.39, 0.29) is 33.5 Å². The number of esters is 1. The topological polar surface area (TPSA) is 113 Å². The van der Waals surface area contributed by atoms with Crippen LogP contribution in [0.3, 0.4) is 0 Å². The number of ether oxygens (including phenoxy) is 1. The van der Waals surface area contributed by atoms with Crippen LogP contribution in [0.1, 0.15) is 25.7 Å². The molecule has 0 aromatic heterocycles. The maximum atomic E-state index is 12.4. The quantitative estimate of drug-likeness (QED) is 0.600. The zero-order valence-electron chi connectivity index (χ0n) is 12.9. The predicted molar refractivity (Wildman–Crippen MR) is 84.6 cm³/mol. The van der Waals surface area contributed by atoms with Gasteiger partial charge in [0.05, 0.1) is 22.8 Å². The van der Waals surface area contributed by atoms with Gasteiger partial charge in [0.15, 0.2) is 0 Å². The number of carbonyl (C=O) groups is 1. The summed E-state index contributed by atoms with van der Waals surface area (Å²) in [5.41, 5.74) is -0.353. The van der Waals surface area contributed by atoms with E-state index < -0.39 is 14.9 Å². The molecule has 0 saturated heterocycles. The lowest BCUT2D eigenvalue weighted by molar-refractivity contribution is -0.729. The summed E-state index contributed by atoms with van der Waals surface area (Å²) in [5, 5.41) is 8.89. The van der Waals surface area contributed by atoms with Crippen molar-refractivity contribution in [2.24, 2.45) is 5.92 Å². The summed E-state index contributed by atoms with van der Waals surface area (Å²) in [6, 6.07) is 3.16. The van der Waals surface area contributed by atoms with E-state index in [9.17, 15) is 18.1 Å². The molecule has 0 aliphatic heterocycles. The van der Waals surface area contributed by atoms with E-state index in [1.807, 2.05) is 0 Å². The number of hydrogen-bond acceptors (Lipinski definition) is 5. The van der Waals surface area contributed by atoms with Gasteiger partial charge in [-0.25, -0.2) is 18.3 Å². The number of nitrogens with one attached hydrogen (secondary N) is 1. The number of rotatable bonds is 5. The standard InChI is InChI=1S/C14H18ClN2O6S/c1-23-14(18)9-2-4-10(5-3-9)16-24(21,22)11-6-7-12(15)13(8-11)17(19)20/h6-10,16H,2-5H2,1H3,(H,19,20)/q+1/t9-,10-. The molecule has 132 valence electrons. The third-order valence-corrected chi connectivity index (χ3v) is 5.86. The molecule has 0 radical (unpaired) electrons. The van der Waals surface area contributed by atoms with Gasteiger partial charge in [0, 0.05) is 12.1 Å². The molecule has 10 heteroatoms. The van der Waals surface area contributed by atoms with Gasteiger partial charge in [-0.1, -0.05) is 11.6 Å². The second kappa shape index (κ2) is 7.45. The Morgan fingerprint density at radius 1 is 1.33 bits per heavy atom. The predicted octanol–water partition coefficient (Wildman–Crippen LogP) is 2.15. The molecule has 1 fully saturated rings. The molecule has 1 saturated carbocycles. The van der Waals surface area contributed by atoms with Gasteiger partial charge in [-0.15, -0.1) is 0 Å². The van der Waals surface area contributed by atoms with Crippen molar-refractivity contribution < 1.29 is 28.1 Å². The average Bonchev–Trinajstić information content (AvgIpc) is 2.54. The molecule has 24 heavy (non-hydrogen) atoms. The van der Waals surface area contributed by atoms with E-state index in [0.717, 1.165) is 6.07 Å². The average molecular weight is 378 g/mol. The summed E-state index contributed by atoms with van der Waals surface area (Å²) in [6.07, 6.45) is 2.09. The molecule has 0 atom stereocenters. The molecule has 1 aliphatic carbocycles. The molecular weight excluding hydrogens is 360 g/mol. The number of nitrogens with zero attached hydrogens (tertiary/aromatic N) is 1. The van der Waals surface area contributed by atoms with Crippen LogP contribution in [0.15, 0.2) is 23.1 Å². The highest BCUT2D eigenvalue weighted by Crippen LogP contribution is 2.29. The van der Waals surface area contributed by atoms with Crippen molar-refractivity contribution in [3.05, 3.63) is 28.1 Å². The first-order chi connectivity index (χ1) is 11.2. The smallest absolute Gasteiger partial charge is 0.336 e. The number of sulfonamides is 1. The van der Waals surface area contributed by atoms with Crippen LogP contribution in [0.4, 0.5) is 5.69 Å². The fourth-order valence-corrected chi connectivity index (χ4v) is 4.22. The molecule has 0 unspecified atom stereocenters. The first-order valence-corrected chi connectivity index (χ1v) is 9.16. The maximum absolute atomic E-state index is 12.4. The molecular formula is C14H18ClN2O6S+. The molecule has 2 rings (SSSR count). The Bertz CT molecular complexity index is 744. The van der Waals surface area contributed by atoms with Crippen molar-refractivity contribution in [1.29, 1.82) is 0 Å². The summed E-state index contributed by atoms with van der Waals surface area (Å²) in [4.78, 5) is 21.8. The Labute approximate surface area is 144 Å². The summed E-state index contributed by atoms with van der Waals surface area (Å²) in [5.74, 6) is -0.488. The van der Waals surface area contributed by atoms with E-state index in [4.69, 9.17) is 21.5 Å². The van der Waals surface area contributed by atoms with Crippen molar-refractivity contribution in [1.82, 2.24) is 4.72 Å². The SMILES string of the molecule is COC(=O)[C@H]1CC[C@H](NS(=O)(=O)c2ccc(Cl)c([N+](=O)O)c2)CC1. The van der Waals surface area contributed by atoms with Crippen molar-refractivity contribution in [3.63, 3.8) is 0 Å². The van der Waals surface area contributed by atoms with E-state index >= 15 is 0 Å². The van der Waals surface area contributed by atoms with Gasteiger partial charge in [-0.05, 0) is 37.8 Å². The minimum Gasteiger partial charge on any atom is -0.469 e. The minimum absolute atomic E-state index is 0.0648. The number of carbonyl (C=O) groups excluding carboxylic acids is 1. The highest BCUT2D eigenvalue weighted by molar-refractivity contribution is 7.89. The van der Waals surface area contributed by atoms with Crippen molar-refractivity contribution >= 4 is 33.3 Å². The molecule has 1 aromatic rings. The lowest BCUT2D eigenvalue weighted by Gasteiger charge is -2.27. The molecule has 1 aromatic carbocycles. The van der Waals surface area contributed by atoms with Crippen molar-refractivity contribution in [2.75, 3.05) is 7.11 Å². The van der Waals surface area contributed by atoms with Gasteiger partial charge < -0.3 is 4.74 Å². The summed E-state index contributed by atoms with van der Waals surface area (Å²) < 4.78 is 32.1. The largest absolute Gasteiger partial charge is 0.469 e. The van der Waals surface area contributed by atoms with Gasteiger partial charge in [0.2, 0.25) is 10.0 Å². The highest BCUT2D eigenvalue weighted by atomic mass is 35.5. The summed E-state index contributed by atoms with van der Waals surface area (Å²) in [6.45, 7) is 0. The number of methoxy groups -OCH3 is 1. The van der Waals surface area contributed by atoms with Crippen LogP contribution >= 0.6 is 11.6 Å². The lowest BCUT2D eigenvalue weighted by atomic mass is 9.86. The van der Waals surface area contributed by atoms with Crippen LogP contribution in [0.25, 0.3) is 0 Å².